The third-order valence-corrected chi connectivity index (χ3v) is 3.63. The number of carbonyl (C=O) groups excluding carboxylic acids is 1. The van der Waals surface area contributed by atoms with Gasteiger partial charge in [-0.3, -0.25) is 9.78 Å². The Morgan fingerprint density at radius 1 is 1.29 bits per heavy atom. The molecule has 5 heteroatoms. The molecule has 1 aliphatic rings. The summed E-state index contributed by atoms with van der Waals surface area (Å²) in [5.41, 5.74) is 3.53. The average Bonchev–Trinajstić information content (AvgIpc) is 3.28. The van der Waals surface area contributed by atoms with E-state index in [1.165, 1.54) is 0 Å². The predicted molar refractivity (Wildman–Crippen MR) is 80.7 cm³/mol. The number of nitrogens with zero attached hydrogens (tertiary/aromatic N) is 2. The molecule has 2 N–H and O–H groups in total. The van der Waals surface area contributed by atoms with E-state index in [1.54, 1.807) is 12.4 Å². The van der Waals surface area contributed by atoms with Crippen LogP contribution in [0.2, 0.25) is 0 Å². The van der Waals surface area contributed by atoms with Crippen molar-refractivity contribution in [1.29, 1.82) is 0 Å². The summed E-state index contributed by atoms with van der Waals surface area (Å²) in [4.78, 5) is 23.7. The van der Waals surface area contributed by atoms with Crippen molar-refractivity contribution in [3.8, 4) is 11.4 Å². The second kappa shape index (κ2) is 4.70. The number of nitrogens with one attached hydrogen (secondary N) is 2. The van der Waals surface area contributed by atoms with E-state index >= 15 is 0 Å². The Labute approximate surface area is 121 Å². The van der Waals surface area contributed by atoms with Crippen molar-refractivity contribution in [3.05, 3.63) is 42.7 Å². The number of pyridine rings is 1. The van der Waals surface area contributed by atoms with Crippen LogP contribution in [-0.2, 0) is 4.79 Å². The van der Waals surface area contributed by atoms with Crippen molar-refractivity contribution < 1.29 is 4.79 Å². The zero-order valence-corrected chi connectivity index (χ0v) is 11.3. The maximum atomic E-state index is 11.8. The number of H-pyrrole nitrogens is 1. The summed E-state index contributed by atoms with van der Waals surface area (Å²) >= 11 is 0. The fraction of sp³-hybridized carbons (Fsp3) is 0.188. The molecule has 1 fully saturated rings. The van der Waals surface area contributed by atoms with E-state index in [2.05, 4.69) is 20.3 Å². The van der Waals surface area contributed by atoms with Crippen LogP contribution in [-0.4, -0.2) is 20.9 Å². The number of fused-ring (bicyclic) bond motifs is 1. The molecular formula is C16H14N4O. The lowest BCUT2D eigenvalue weighted by Crippen LogP contribution is -2.12. The third-order valence-electron chi connectivity index (χ3n) is 3.63. The minimum atomic E-state index is 0.112. The second-order valence-electron chi connectivity index (χ2n) is 5.32. The highest BCUT2D eigenvalue weighted by atomic mass is 16.2. The number of aromatic amines is 1. The molecule has 0 unspecified atom stereocenters. The summed E-state index contributed by atoms with van der Waals surface area (Å²) in [6.07, 6.45) is 5.51. The Hall–Kier alpha value is -2.69. The molecule has 21 heavy (non-hydrogen) atoms. The number of benzene rings is 1. The quantitative estimate of drug-likeness (QED) is 0.773. The predicted octanol–water partition coefficient (Wildman–Crippen LogP) is 2.97. The van der Waals surface area contributed by atoms with E-state index in [9.17, 15) is 4.79 Å². The minimum Gasteiger partial charge on any atom is -0.338 e. The van der Waals surface area contributed by atoms with Crippen molar-refractivity contribution >= 4 is 22.6 Å². The van der Waals surface area contributed by atoms with Crippen LogP contribution in [0, 0.1) is 5.92 Å². The van der Waals surface area contributed by atoms with Gasteiger partial charge in [0.1, 0.15) is 5.82 Å². The van der Waals surface area contributed by atoms with Gasteiger partial charge in [0, 0.05) is 29.6 Å². The average molecular weight is 278 g/mol. The zero-order chi connectivity index (χ0) is 14.2. The van der Waals surface area contributed by atoms with Gasteiger partial charge in [-0.1, -0.05) is 0 Å². The Kier molecular flexibility index (Phi) is 2.70. The van der Waals surface area contributed by atoms with Crippen molar-refractivity contribution in [3.63, 3.8) is 0 Å². The number of anilines is 1. The standard InChI is InChI=1S/C16H14N4O/c21-16(10-3-4-10)18-12-5-6-13-14(8-12)20-15(19-13)11-2-1-7-17-9-11/h1-2,5-10H,3-4H2,(H,18,21)(H,19,20). The number of hydrogen-bond acceptors (Lipinski definition) is 3. The van der Waals surface area contributed by atoms with Crippen molar-refractivity contribution in [2.45, 2.75) is 12.8 Å². The number of rotatable bonds is 3. The first kappa shape index (κ1) is 12.1. The minimum absolute atomic E-state index is 0.112. The first-order valence-electron chi connectivity index (χ1n) is 7.00. The second-order valence-corrected chi connectivity index (χ2v) is 5.32. The van der Waals surface area contributed by atoms with E-state index in [4.69, 9.17) is 0 Å². The molecule has 4 rings (SSSR count). The van der Waals surface area contributed by atoms with Gasteiger partial charge in [-0.2, -0.15) is 0 Å². The fourth-order valence-corrected chi connectivity index (χ4v) is 2.32. The molecule has 2 aromatic heterocycles. The molecule has 0 saturated heterocycles. The van der Waals surface area contributed by atoms with Gasteiger partial charge in [0.15, 0.2) is 0 Å². The Balaban J connectivity index is 1.66. The van der Waals surface area contributed by atoms with Crippen LogP contribution in [0.1, 0.15) is 12.8 Å². The lowest BCUT2D eigenvalue weighted by Gasteiger charge is -2.03. The molecular weight excluding hydrogens is 264 g/mol. The summed E-state index contributed by atoms with van der Waals surface area (Å²) in [7, 11) is 0. The third kappa shape index (κ3) is 2.38. The van der Waals surface area contributed by atoms with E-state index in [-0.39, 0.29) is 11.8 Å². The molecule has 3 aromatic rings. The highest BCUT2D eigenvalue weighted by Crippen LogP contribution is 2.30. The maximum Gasteiger partial charge on any atom is 0.227 e. The molecule has 0 radical (unpaired) electrons. The molecule has 0 spiro atoms. The first-order chi connectivity index (χ1) is 10.3. The van der Waals surface area contributed by atoms with Gasteiger partial charge in [-0.05, 0) is 43.2 Å². The first-order valence-corrected chi connectivity index (χ1v) is 7.00. The van der Waals surface area contributed by atoms with E-state index in [0.29, 0.717) is 0 Å². The van der Waals surface area contributed by atoms with Crippen LogP contribution in [0.5, 0.6) is 0 Å². The SMILES string of the molecule is O=C(Nc1ccc2nc(-c3cccnc3)[nH]c2c1)C1CC1. The molecule has 1 aliphatic carbocycles. The van der Waals surface area contributed by atoms with Gasteiger partial charge in [0.25, 0.3) is 0 Å². The van der Waals surface area contributed by atoms with Gasteiger partial charge in [0.2, 0.25) is 5.91 Å². The van der Waals surface area contributed by atoms with Crippen LogP contribution in [0.3, 0.4) is 0 Å². The summed E-state index contributed by atoms with van der Waals surface area (Å²) in [5.74, 6) is 1.10. The van der Waals surface area contributed by atoms with E-state index in [0.717, 1.165) is 41.0 Å². The summed E-state index contributed by atoms with van der Waals surface area (Å²) in [6.45, 7) is 0. The highest BCUT2D eigenvalue weighted by Gasteiger charge is 2.29. The Morgan fingerprint density at radius 2 is 2.19 bits per heavy atom. The molecule has 104 valence electrons. The topological polar surface area (TPSA) is 70.7 Å². The van der Waals surface area contributed by atoms with Crippen LogP contribution in [0.15, 0.2) is 42.7 Å². The largest absolute Gasteiger partial charge is 0.338 e. The van der Waals surface area contributed by atoms with Crippen molar-refractivity contribution in [2.75, 3.05) is 5.32 Å². The zero-order valence-electron chi connectivity index (χ0n) is 11.3. The molecule has 1 aromatic carbocycles. The van der Waals surface area contributed by atoms with Crippen LogP contribution < -0.4 is 5.32 Å². The number of carbonyl (C=O) groups is 1. The van der Waals surface area contributed by atoms with E-state index in [1.807, 2.05) is 30.3 Å². The van der Waals surface area contributed by atoms with Gasteiger partial charge in [-0.25, -0.2) is 4.98 Å². The van der Waals surface area contributed by atoms with Crippen molar-refractivity contribution in [2.24, 2.45) is 5.92 Å². The smallest absolute Gasteiger partial charge is 0.227 e. The summed E-state index contributed by atoms with van der Waals surface area (Å²) in [6, 6.07) is 9.55. The monoisotopic (exact) mass is 278 g/mol. The summed E-state index contributed by atoms with van der Waals surface area (Å²) < 4.78 is 0. The Bertz CT molecular complexity index is 806. The molecule has 5 nitrogen and oxygen atoms in total. The number of imidazole rings is 1. The van der Waals surface area contributed by atoms with Crippen LogP contribution >= 0.6 is 0 Å². The highest BCUT2D eigenvalue weighted by molar-refractivity contribution is 5.96. The van der Waals surface area contributed by atoms with E-state index < -0.39 is 0 Å². The number of hydrogen-bond donors (Lipinski definition) is 2. The molecule has 1 amide bonds. The lowest BCUT2D eigenvalue weighted by molar-refractivity contribution is -0.117. The molecule has 1 saturated carbocycles. The maximum absolute atomic E-state index is 11.8. The summed E-state index contributed by atoms with van der Waals surface area (Å²) in [5, 5.41) is 2.95. The molecule has 0 atom stereocenters. The molecule has 0 bridgehead atoms. The van der Waals surface area contributed by atoms with Gasteiger partial charge >= 0.3 is 0 Å². The normalized spacial score (nSPS) is 14.3. The van der Waals surface area contributed by atoms with Gasteiger partial charge in [0.05, 0.1) is 11.0 Å². The van der Waals surface area contributed by atoms with Gasteiger partial charge in [-0.15, -0.1) is 0 Å². The molecule has 2 heterocycles. The number of amides is 1. The van der Waals surface area contributed by atoms with Gasteiger partial charge < -0.3 is 10.3 Å². The Morgan fingerprint density at radius 3 is 2.95 bits per heavy atom. The van der Waals surface area contributed by atoms with Crippen LogP contribution in [0.25, 0.3) is 22.4 Å². The molecule has 0 aliphatic heterocycles. The van der Waals surface area contributed by atoms with Crippen LogP contribution in [0.4, 0.5) is 5.69 Å². The van der Waals surface area contributed by atoms with Crippen molar-refractivity contribution in [1.82, 2.24) is 15.0 Å². The number of aromatic nitrogens is 3. The lowest BCUT2D eigenvalue weighted by atomic mass is 10.2. The fourth-order valence-electron chi connectivity index (χ4n) is 2.32.